The van der Waals surface area contributed by atoms with Crippen molar-refractivity contribution in [3.8, 4) is 0 Å². The topological polar surface area (TPSA) is 78.9 Å². The van der Waals surface area contributed by atoms with E-state index in [4.69, 9.17) is 9.84 Å². The number of amides is 2. The maximum atomic E-state index is 12.4. The molecule has 2 aliphatic rings. The summed E-state index contributed by atoms with van der Waals surface area (Å²) in [6, 6.07) is -0.174. The van der Waals surface area contributed by atoms with Crippen molar-refractivity contribution in [2.45, 2.75) is 57.5 Å². The molecule has 0 aromatic carbocycles. The van der Waals surface area contributed by atoms with E-state index >= 15 is 0 Å². The van der Waals surface area contributed by atoms with Crippen LogP contribution in [0.15, 0.2) is 0 Å². The molecule has 2 aliphatic heterocycles. The third kappa shape index (κ3) is 4.59. The first kappa shape index (κ1) is 16.1. The van der Waals surface area contributed by atoms with Gasteiger partial charge in [-0.05, 0) is 44.9 Å². The summed E-state index contributed by atoms with van der Waals surface area (Å²) >= 11 is 0. The molecule has 6 nitrogen and oxygen atoms in total. The maximum Gasteiger partial charge on any atom is 0.317 e. The number of ether oxygens (including phenoxy) is 1. The third-order valence-electron chi connectivity index (χ3n) is 4.62. The Morgan fingerprint density at radius 1 is 1.29 bits per heavy atom. The zero-order valence-electron chi connectivity index (χ0n) is 12.7. The van der Waals surface area contributed by atoms with Gasteiger partial charge in [-0.2, -0.15) is 0 Å². The molecular formula is C15H26N2O4. The highest BCUT2D eigenvalue weighted by Gasteiger charge is 2.30. The molecule has 0 aromatic heterocycles. The molecule has 6 heteroatoms. The summed E-state index contributed by atoms with van der Waals surface area (Å²) in [6.45, 7) is 4.21. The molecule has 0 aromatic rings. The Hall–Kier alpha value is -1.30. The second-order valence-electron chi connectivity index (χ2n) is 6.13. The molecule has 2 fully saturated rings. The Morgan fingerprint density at radius 2 is 2.00 bits per heavy atom. The van der Waals surface area contributed by atoms with Gasteiger partial charge in [0.2, 0.25) is 0 Å². The van der Waals surface area contributed by atoms with E-state index in [1.807, 2.05) is 6.92 Å². The van der Waals surface area contributed by atoms with Gasteiger partial charge in [0.25, 0.3) is 0 Å². The van der Waals surface area contributed by atoms with Crippen LogP contribution in [0.25, 0.3) is 0 Å². The molecule has 2 heterocycles. The number of aliphatic carboxylic acids is 1. The van der Waals surface area contributed by atoms with Crippen molar-refractivity contribution in [1.82, 2.24) is 10.2 Å². The summed E-state index contributed by atoms with van der Waals surface area (Å²) in [5, 5.41) is 12.0. The predicted octanol–water partition coefficient (Wildman–Crippen LogP) is 1.84. The lowest BCUT2D eigenvalue weighted by Gasteiger charge is -2.37. The summed E-state index contributed by atoms with van der Waals surface area (Å²) < 4.78 is 5.34. The minimum absolute atomic E-state index is 0.0407. The number of likely N-dealkylation sites (tertiary alicyclic amines) is 1. The number of piperidine rings is 1. The van der Waals surface area contributed by atoms with E-state index in [0.717, 1.165) is 45.3 Å². The molecule has 2 amide bonds. The van der Waals surface area contributed by atoms with Crippen LogP contribution < -0.4 is 5.32 Å². The highest BCUT2D eigenvalue weighted by molar-refractivity contribution is 5.76. The number of nitrogens with zero attached hydrogens (tertiary/aromatic N) is 1. The van der Waals surface area contributed by atoms with Crippen LogP contribution in [0.1, 0.15) is 45.4 Å². The number of carboxylic acids is 1. The van der Waals surface area contributed by atoms with Gasteiger partial charge in [-0.15, -0.1) is 0 Å². The summed E-state index contributed by atoms with van der Waals surface area (Å²) in [5.41, 5.74) is 0. The average molecular weight is 298 g/mol. The molecule has 0 aliphatic carbocycles. The Kier molecular flexibility index (Phi) is 5.85. The molecule has 2 unspecified atom stereocenters. The average Bonchev–Trinajstić information content (AvgIpc) is 2.48. The van der Waals surface area contributed by atoms with Gasteiger partial charge in [-0.1, -0.05) is 0 Å². The van der Waals surface area contributed by atoms with Crippen LogP contribution >= 0.6 is 0 Å². The van der Waals surface area contributed by atoms with Gasteiger partial charge in [-0.3, -0.25) is 4.79 Å². The standard InChI is InChI=1S/C15H26N2O4/c1-11(12-5-8-21-9-6-12)16-15(20)17-7-3-2-4-13(17)10-14(18)19/h11-13H,2-10H2,1H3,(H,16,20)(H,18,19). The molecule has 0 bridgehead atoms. The normalized spacial score (nSPS) is 25.4. The molecule has 21 heavy (non-hydrogen) atoms. The quantitative estimate of drug-likeness (QED) is 0.830. The molecule has 0 spiro atoms. The molecule has 120 valence electrons. The third-order valence-corrected chi connectivity index (χ3v) is 4.62. The van der Waals surface area contributed by atoms with Gasteiger partial charge < -0.3 is 20.1 Å². The van der Waals surface area contributed by atoms with Gasteiger partial charge >= 0.3 is 12.0 Å². The highest BCUT2D eigenvalue weighted by atomic mass is 16.5. The van der Waals surface area contributed by atoms with Gasteiger partial charge in [0.05, 0.1) is 6.42 Å². The number of carboxylic acid groups (broad SMARTS) is 1. The lowest BCUT2D eigenvalue weighted by Crippen LogP contribution is -2.52. The second kappa shape index (κ2) is 7.64. The highest BCUT2D eigenvalue weighted by Crippen LogP contribution is 2.22. The van der Waals surface area contributed by atoms with Gasteiger partial charge in [0, 0.05) is 31.8 Å². The van der Waals surface area contributed by atoms with Crippen LogP contribution in [-0.2, 0) is 9.53 Å². The maximum absolute atomic E-state index is 12.4. The number of nitrogens with one attached hydrogen (secondary N) is 1. The van der Waals surface area contributed by atoms with Crippen molar-refractivity contribution in [3.63, 3.8) is 0 Å². The Bertz CT molecular complexity index is 369. The lowest BCUT2D eigenvalue weighted by atomic mass is 9.93. The zero-order valence-corrected chi connectivity index (χ0v) is 12.7. The van der Waals surface area contributed by atoms with E-state index < -0.39 is 5.97 Å². The van der Waals surface area contributed by atoms with Gasteiger partial charge in [0.15, 0.2) is 0 Å². The smallest absolute Gasteiger partial charge is 0.317 e. The number of hydrogen-bond donors (Lipinski definition) is 2. The first-order chi connectivity index (χ1) is 10.1. The van der Waals surface area contributed by atoms with Gasteiger partial charge in [-0.25, -0.2) is 4.79 Å². The number of hydrogen-bond acceptors (Lipinski definition) is 3. The van der Waals surface area contributed by atoms with E-state index in [0.29, 0.717) is 12.5 Å². The van der Waals surface area contributed by atoms with Crippen LogP contribution in [0.2, 0.25) is 0 Å². The van der Waals surface area contributed by atoms with Crippen molar-refractivity contribution in [1.29, 1.82) is 0 Å². The minimum atomic E-state index is -0.836. The van der Waals surface area contributed by atoms with Crippen LogP contribution in [0, 0.1) is 5.92 Å². The monoisotopic (exact) mass is 298 g/mol. The lowest BCUT2D eigenvalue weighted by molar-refractivity contribution is -0.138. The molecule has 0 saturated carbocycles. The van der Waals surface area contributed by atoms with Crippen LogP contribution in [0.5, 0.6) is 0 Å². The van der Waals surface area contributed by atoms with E-state index in [9.17, 15) is 9.59 Å². The number of urea groups is 1. The van der Waals surface area contributed by atoms with Crippen molar-refractivity contribution >= 4 is 12.0 Å². The van der Waals surface area contributed by atoms with Crippen molar-refractivity contribution in [2.24, 2.45) is 5.92 Å². The predicted molar refractivity (Wildman–Crippen MR) is 78.1 cm³/mol. The number of rotatable bonds is 4. The van der Waals surface area contributed by atoms with Crippen molar-refractivity contribution in [2.75, 3.05) is 19.8 Å². The molecule has 2 N–H and O–H groups in total. The molecule has 2 saturated heterocycles. The fourth-order valence-electron chi connectivity index (χ4n) is 3.29. The molecule has 2 atom stereocenters. The van der Waals surface area contributed by atoms with Crippen molar-refractivity contribution < 1.29 is 19.4 Å². The van der Waals surface area contributed by atoms with Crippen LogP contribution in [-0.4, -0.2) is 53.8 Å². The Balaban J connectivity index is 1.88. The Labute approximate surface area is 125 Å². The Morgan fingerprint density at radius 3 is 2.67 bits per heavy atom. The van der Waals surface area contributed by atoms with E-state index in [1.165, 1.54) is 0 Å². The van der Waals surface area contributed by atoms with Crippen LogP contribution in [0.3, 0.4) is 0 Å². The SMILES string of the molecule is CC(NC(=O)N1CCCCC1CC(=O)O)C1CCOCC1. The molecule has 2 rings (SSSR count). The van der Waals surface area contributed by atoms with Crippen LogP contribution in [0.4, 0.5) is 4.79 Å². The zero-order chi connectivity index (χ0) is 15.2. The summed E-state index contributed by atoms with van der Waals surface area (Å²) in [7, 11) is 0. The fourth-order valence-corrected chi connectivity index (χ4v) is 3.29. The number of carbonyl (C=O) groups is 2. The number of carbonyl (C=O) groups excluding carboxylic acids is 1. The van der Waals surface area contributed by atoms with E-state index in [-0.39, 0.29) is 24.5 Å². The first-order valence-electron chi connectivity index (χ1n) is 7.94. The first-order valence-corrected chi connectivity index (χ1v) is 7.94. The van der Waals surface area contributed by atoms with Crippen molar-refractivity contribution in [3.05, 3.63) is 0 Å². The van der Waals surface area contributed by atoms with E-state index in [2.05, 4.69) is 5.32 Å². The minimum Gasteiger partial charge on any atom is -0.481 e. The summed E-state index contributed by atoms with van der Waals surface area (Å²) in [6.07, 6.45) is 4.72. The largest absolute Gasteiger partial charge is 0.481 e. The second-order valence-corrected chi connectivity index (χ2v) is 6.13. The molecular weight excluding hydrogens is 272 g/mol. The van der Waals surface area contributed by atoms with E-state index in [1.54, 1.807) is 4.90 Å². The molecule has 0 radical (unpaired) electrons. The summed E-state index contributed by atoms with van der Waals surface area (Å²) in [4.78, 5) is 25.1. The fraction of sp³-hybridized carbons (Fsp3) is 0.867. The van der Waals surface area contributed by atoms with Gasteiger partial charge in [0.1, 0.15) is 0 Å². The summed E-state index contributed by atoms with van der Waals surface area (Å²) in [5.74, 6) is -0.386.